The Morgan fingerprint density at radius 1 is 1.33 bits per heavy atom. The molecular weight excluding hydrogens is 252 g/mol. The summed E-state index contributed by atoms with van der Waals surface area (Å²) >= 11 is 0. The van der Waals surface area contributed by atoms with Crippen LogP contribution in [-0.2, 0) is 16.0 Å². The maximum absolute atomic E-state index is 11.9. The number of carbonyl (C=O) groups is 1. The second kappa shape index (κ2) is 7.36. The first-order valence-corrected chi connectivity index (χ1v) is 5.59. The van der Waals surface area contributed by atoms with Gasteiger partial charge in [-0.25, -0.2) is 0 Å². The highest BCUT2D eigenvalue weighted by molar-refractivity contribution is 5.85. The van der Waals surface area contributed by atoms with E-state index in [4.69, 9.17) is 10.5 Å². The lowest BCUT2D eigenvalue weighted by molar-refractivity contribution is -0.152. The number of nitrogens with zero attached hydrogens (tertiary/aromatic N) is 1. The number of benzene rings is 1. The van der Waals surface area contributed by atoms with E-state index in [1.165, 1.54) is 12.0 Å². The maximum Gasteiger partial charge on any atom is 0.269 e. The summed E-state index contributed by atoms with van der Waals surface area (Å²) in [5.74, 6) is -0.212. The van der Waals surface area contributed by atoms with Crippen molar-refractivity contribution in [1.29, 1.82) is 0 Å². The van der Waals surface area contributed by atoms with Gasteiger partial charge in [0, 0.05) is 27.6 Å². The molecule has 102 valence electrons. The molecule has 0 bridgehead atoms. The second-order valence-electron chi connectivity index (χ2n) is 4.28. The molecule has 18 heavy (non-hydrogen) atoms. The summed E-state index contributed by atoms with van der Waals surface area (Å²) in [5.41, 5.74) is 5.88. The summed E-state index contributed by atoms with van der Waals surface area (Å²) in [5, 5.41) is 0. The average molecular weight is 273 g/mol. The zero-order valence-corrected chi connectivity index (χ0v) is 11.9. The third-order valence-electron chi connectivity index (χ3n) is 2.76. The van der Waals surface area contributed by atoms with Crippen molar-refractivity contribution in [3.63, 3.8) is 0 Å². The molecule has 2 N–H and O–H groups in total. The smallest absolute Gasteiger partial charge is 0.269 e. The Kier molecular flexibility index (Phi) is 6.91. The van der Waals surface area contributed by atoms with Crippen LogP contribution in [0.15, 0.2) is 30.3 Å². The molecule has 0 aromatic heterocycles. The monoisotopic (exact) mass is 272 g/mol. The molecule has 1 aromatic carbocycles. The number of amides is 1. The van der Waals surface area contributed by atoms with E-state index < -0.39 is 5.72 Å². The molecule has 0 heterocycles. The molecule has 4 nitrogen and oxygen atoms in total. The van der Waals surface area contributed by atoms with E-state index in [1.54, 1.807) is 14.1 Å². The van der Waals surface area contributed by atoms with Crippen LogP contribution in [0.1, 0.15) is 12.0 Å². The zero-order valence-electron chi connectivity index (χ0n) is 11.1. The first-order chi connectivity index (χ1) is 7.99. The molecule has 0 spiro atoms. The van der Waals surface area contributed by atoms with Gasteiger partial charge in [0.15, 0.2) is 5.72 Å². The molecule has 0 saturated carbocycles. The Balaban J connectivity index is 0.00000289. The molecule has 0 aliphatic carbocycles. The van der Waals surface area contributed by atoms with Gasteiger partial charge in [0.25, 0.3) is 5.91 Å². The molecule has 0 aliphatic rings. The highest BCUT2D eigenvalue weighted by Crippen LogP contribution is 2.15. The minimum Gasteiger partial charge on any atom is -0.355 e. The van der Waals surface area contributed by atoms with Crippen molar-refractivity contribution < 1.29 is 9.53 Å². The number of aryl methyl sites for hydroxylation is 1. The number of carbonyl (C=O) groups excluding carboxylic acids is 1. The lowest BCUT2D eigenvalue weighted by Crippen LogP contribution is -2.55. The molecule has 0 unspecified atom stereocenters. The van der Waals surface area contributed by atoms with Gasteiger partial charge in [0.2, 0.25) is 0 Å². The van der Waals surface area contributed by atoms with Crippen LogP contribution < -0.4 is 5.73 Å². The lowest BCUT2D eigenvalue weighted by atomic mass is 10.0. The highest BCUT2D eigenvalue weighted by atomic mass is 35.5. The van der Waals surface area contributed by atoms with Crippen LogP contribution in [-0.4, -0.2) is 37.7 Å². The van der Waals surface area contributed by atoms with E-state index in [0.29, 0.717) is 12.8 Å². The Morgan fingerprint density at radius 2 is 1.89 bits per heavy atom. The van der Waals surface area contributed by atoms with Gasteiger partial charge >= 0.3 is 0 Å². The first kappa shape index (κ1) is 16.9. The number of nitrogens with two attached hydrogens (primary N) is 1. The zero-order chi connectivity index (χ0) is 12.9. The van der Waals surface area contributed by atoms with Gasteiger partial charge in [-0.15, -0.1) is 12.4 Å². The molecule has 1 rings (SSSR count). The second-order valence-corrected chi connectivity index (χ2v) is 4.28. The number of rotatable bonds is 5. The largest absolute Gasteiger partial charge is 0.355 e. The molecule has 1 amide bonds. The third kappa shape index (κ3) is 4.29. The van der Waals surface area contributed by atoms with Gasteiger partial charge in [-0.2, -0.15) is 0 Å². The molecule has 0 saturated heterocycles. The van der Waals surface area contributed by atoms with Crippen LogP contribution in [0.25, 0.3) is 0 Å². The fraction of sp³-hybridized carbons (Fsp3) is 0.462. The highest BCUT2D eigenvalue weighted by Gasteiger charge is 2.34. The molecule has 1 aromatic rings. The van der Waals surface area contributed by atoms with Crippen LogP contribution in [0.4, 0.5) is 0 Å². The van der Waals surface area contributed by atoms with Gasteiger partial charge < -0.3 is 9.64 Å². The Hall–Kier alpha value is -1.10. The summed E-state index contributed by atoms with van der Waals surface area (Å²) in [6, 6.07) is 9.91. The first-order valence-electron chi connectivity index (χ1n) is 5.59. The van der Waals surface area contributed by atoms with Crippen molar-refractivity contribution in [1.82, 2.24) is 4.90 Å². The normalized spacial score (nSPS) is 13.3. The minimum atomic E-state index is -1.24. The van der Waals surface area contributed by atoms with Crippen molar-refractivity contribution in [3.05, 3.63) is 35.9 Å². The lowest BCUT2D eigenvalue weighted by Gasteiger charge is -2.29. The maximum atomic E-state index is 11.9. The van der Waals surface area contributed by atoms with E-state index >= 15 is 0 Å². The SMILES string of the molecule is CO[C@](N)(CCc1ccccc1)C(=O)N(C)C.Cl. The van der Waals surface area contributed by atoms with Crippen molar-refractivity contribution in [2.24, 2.45) is 5.73 Å². The summed E-state index contributed by atoms with van der Waals surface area (Å²) < 4.78 is 5.17. The van der Waals surface area contributed by atoms with Crippen LogP contribution >= 0.6 is 12.4 Å². The number of hydrogen-bond acceptors (Lipinski definition) is 3. The molecule has 1 atom stereocenters. The predicted octanol–water partition coefficient (Wildman–Crippen LogP) is 1.43. The van der Waals surface area contributed by atoms with Crippen LogP contribution in [0.2, 0.25) is 0 Å². The molecule has 5 heteroatoms. The van der Waals surface area contributed by atoms with E-state index in [9.17, 15) is 4.79 Å². The van der Waals surface area contributed by atoms with Crippen molar-refractivity contribution in [3.8, 4) is 0 Å². The van der Waals surface area contributed by atoms with Gasteiger partial charge in [-0.1, -0.05) is 30.3 Å². The number of halogens is 1. The van der Waals surface area contributed by atoms with E-state index in [0.717, 1.165) is 5.56 Å². The topological polar surface area (TPSA) is 55.6 Å². The number of ether oxygens (including phenoxy) is 1. The Labute approximate surface area is 115 Å². The fourth-order valence-corrected chi connectivity index (χ4v) is 1.65. The summed E-state index contributed by atoms with van der Waals surface area (Å²) in [4.78, 5) is 13.3. The number of hydrogen-bond donors (Lipinski definition) is 1. The Morgan fingerprint density at radius 3 is 2.33 bits per heavy atom. The van der Waals surface area contributed by atoms with Crippen molar-refractivity contribution in [2.75, 3.05) is 21.2 Å². The van der Waals surface area contributed by atoms with Crippen molar-refractivity contribution in [2.45, 2.75) is 18.6 Å². The fourth-order valence-electron chi connectivity index (χ4n) is 1.65. The minimum absolute atomic E-state index is 0. The van der Waals surface area contributed by atoms with Crippen LogP contribution in [0.3, 0.4) is 0 Å². The van der Waals surface area contributed by atoms with Gasteiger partial charge in [-0.05, 0) is 12.0 Å². The molecule has 0 aliphatic heterocycles. The van der Waals surface area contributed by atoms with Gasteiger partial charge in [0.05, 0.1) is 0 Å². The summed E-state index contributed by atoms with van der Waals surface area (Å²) in [6.07, 6.45) is 1.18. The molecule has 0 fully saturated rings. The van der Waals surface area contributed by atoms with E-state index in [1.807, 2.05) is 30.3 Å². The predicted molar refractivity (Wildman–Crippen MR) is 74.6 cm³/mol. The van der Waals surface area contributed by atoms with Crippen LogP contribution in [0.5, 0.6) is 0 Å². The molecule has 0 radical (unpaired) electrons. The standard InChI is InChI=1S/C13H20N2O2.ClH/c1-15(2)12(16)13(14,17-3)10-9-11-7-5-4-6-8-11;/h4-8H,9-10,14H2,1-3H3;1H/t13-;/m1./s1. The van der Waals surface area contributed by atoms with E-state index in [2.05, 4.69) is 0 Å². The Bertz CT molecular complexity index is 371. The van der Waals surface area contributed by atoms with Crippen LogP contribution in [0, 0.1) is 0 Å². The number of methoxy groups -OCH3 is 1. The quantitative estimate of drug-likeness (QED) is 0.825. The van der Waals surface area contributed by atoms with Gasteiger partial charge in [0.1, 0.15) is 0 Å². The third-order valence-corrected chi connectivity index (χ3v) is 2.76. The average Bonchev–Trinajstić information content (AvgIpc) is 2.36. The van der Waals surface area contributed by atoms with Gasteiger partial charge in [-0.3, -0.25) is 10.5 Å². The summed E-state index contributed by atoms with van der Waals surface area (Å²) in [7, 11) is 4.81. The van der Waals surface area contributed by atoms with Crippen molar-refractivity contribution >= 4 is 18.3 Å². The molecular formula is C13H21ClN2O2. The number of likely N-dealkylation sites (N-methyl/N-ethyl adjacent to an activating group) is 1. The van der Waals surface area contributed by atoms with E-state index in [-0.39, 0.29) is 18.3 Å². The summed E-state index contributed by atoms with van der Waals surface area (Å²) in [6.45, 7) is 0.